The topological polar surface area (TPSA) is 75.3 Å². The summed E-state index contributed by atoms with van der Waals surface area (Å²) in [7, 11) is 0. The molecule has 0 spiro atoms. The Labute approximate surface area is 120 Å². The molecule has 2 rings (SSSR count). The van der Waals surface area contributed by atoms with Gasteiger partial charge in [0.1, 0.15) is 0 Å². The third kappa shape index (κ3) is 3.51. The van der Waals surface area contributed by atoms with Crippen molar-refractivity contribution in [2.75, 3.05) is 17.6 Å². The van der Waals surface area contributed by atoms with Gasteiger partial charge in [-0.1, -0.05) is 6.92 Å². The van der Waals surface area contributed by atoms with Crippen LogP contribution in [-0.4, -0.2) is 23.0 Å². The molecule has 1 fully saturated rings. The van der Waals surface area contributed by atoms with Crippen molar-refractivity contribution >= 4 is 17.2 Å². The third-order valence-electron chi connectivity index (χ3n) is 4.26. The molecular formula is C16H24N2O2. The third-order valence-corrected chi connectivity index (χ3v) is 4.26. The van der Waals surface area contributed by atoms with Gasteiger partial charge < -0.3 is 16.2 Å². The second kappa shape index (κ2) is 5.83. The Balaban J connectivity index is 2.00. The Morgan fingerprint density at radius 3 is 2.70 bits per heavy atom. The van der Waals surface area contributed by atoms with E-state index in [2.05, 4.69) is 12.2 Å². The maximum atomic E-state index is 11.5. The van der Waals surface area contributed by atoms with E-state index in [9.17, 15) is 9.90 Å². The fourth-order valence-electron chi connectivity index (χ4n) is 2.71. The molecule has 20 heavy (non-hydrogen) atoms. The number of carbonyl (C=O) groups is 1. The lowest BCUT2D eigenvalue weighted by Crippen LogP contribution is -2.40. The van der Waals surface area contributed by atoms with Gasteiger partial charge in [-0.05, 0) is 56.7 Å². The zero-order valence-electron chi connectivity index (χ0n) is 12.3. The highest BCUT2D eigenvalue weighted by Crippen LogP contribution is 2.32. The smallest absolute Gasteiger partial charge is 0.161 e. The van der Waals surface area contributed by atoms with Crippen LogP contribution in [0.1, 0.15) is 49.9 Å². The van der Waals surface area contributed by atoms with Crippen molar-refractivity contribution in [3.05, 3.63) is 23.8 Å². The minimum Gasteiger partial charge on any atom is -0.398 e. The van der Waals surface area contributed by atoms with Crippen LogP contribution in [0.2, 0.25) is 0 Å². The van der Waals surface area contributed by atoms with E-state index in [1.165, 1.54) is 6.92 Å². The van der Waals surface area contributed by atoms with Gasteiger partial charge in [0.05, 0.1) is 5.60 Å². The molecule has 0 radical (unpaired) electrons. The van der Waals surface area contributed by atoms with E-state index in [0.29, 0.717) is 23.7 Å². The lowest BCUT2D eigenvalue weighted by molar-refractivity contribution is 0.00501. The number of aliphatic hydroxyl groups is 1. The second-order valence-corrected chi connectivity index (χ2v) is 6.12. The number of hydrogen-bond acceptors (Lipinski definition) is 4. The molecule has 1 aliphatic carbocycles. The molecule has 0 heterocycles. The van der Waals surface area contributed by atoms with Crippen molar-refractivity contribution in [2.24, 2.45) is 5.92 Å². The number of nitrogens with one attached hydrogen (secondary N) is 1. The van der Waals surface area contributed by atoms with Gasteiger partial charge in [-0.15, -0.1) is 0 Å². The maximum Gasteiger partial charge on any atom is 0.161 e. The summed E-state index contributed by atoms with van der Waals surface area (Å²) < 4.78 is 0. The van der Waals surface area contributed by atoms with E-state index < -0.39 is 5.60 Å². The molecule has 0 bridgehead atoms. The molecule has 4 nitrogen and oxygen atoms in total. The lowest BCUT2D eigenvalue weighted by Gasteiger charge is -2.35. The summed E-state index contributed by atoms with van der Waals surface area (Å²) in [6, 6.07) is 5.33. The summed E-state index contributed by atoms with van der Waals surface area (Å²) in [5.74, 6) is 0.660. The molecule has 0 amide bonds. The van der Waals surface area contributed by atoms with Crippen molar-refractivity contribution < 1.29 is 9.90 Å². The summed E-state index contributed by atoms with van der Waals surface area (Å²) in [5, 5.41) is 13.8. The highest BCUT2D eigenvalue weighted by molar-refractivity contribution is 6.00. The SMILES string of the molecule is CC(=O)c1cc(NCC2(O)CCC(C)CC2)ccc1N. The van der Waals surface area contributed by atoms with Gasteiger partial charge in [0.15, 0.2) is 5.78 Å². The van der Waals surface area contributed by atoms with Gasteiger partial charge in [-0.25, -0.2) is 0 Å². The molecule has 0 aliphatic heterocycles. The summed E-state index contributed by atoms with van der Waals surface area (Å²) in [5.41, 5.74) is 6.99. The Kier molecular flexibility index (Phi) is 4.33. The van der Waals surface area contributed by atoms with Crippen molar-refractivity contribution in [1.82, 2.24) is 0 Å². The van der Waals surface area contributed by atoms with E-state index in [-0.39, 0.29) is 5.78 Å². The number of carbonyl (C=O) groups excluding carboxylic acids is 1. The molecule has 1 aromatic carbocycles. The first kappa shape index (κ1) is 14.9. The van der Waals surface area contributed by atoms with Crippen LogP contribution in [0.5, 0.6) is 0 Å². The van der Waals surface area contributed by atoms with Crippen molar-refractivity contribution in [2.45, 2.75) is 45.1 Å². The van der Waals surface area contributed by atoms with Crippen molar-refractivity contribution in [3.8, 4) is 0 Å². The molecule has 0 unspecified atom stereocenters. The van der Waals surface area contributed by atoms with Gasteiger partial charge in [-0.2, -0.15) is 0 Å². The number of rotatable bonds is 4. The van der Waals surface area contributed by atoms with Gasteiger partial charge >= 0.3 is 0 Å². The Hall–Kier alpha value is -1.55. The molecule has 1 aliphatic rings. The number of Topliss-reactive ketones (excluding diaryl/α,β-unsaturated/α-hetero) is 1. The molecule has 0 aromatic heterocycles. The molecule has 4 N–H and O–H groups in total. The number of benzene rings is 1. The van der Waals surface area contributed by atoms with Crippen LogP contribution in [0.25, 0.3) is 0 Å². The Morgan fingerprint density at radius 1 is 1.45 bits per heavy atom. The van der Waals surface area contributed by atoms with Crippen LogP contribution in [0.3, 0.4) is 0 Å². The normalized spacial score (nSPS) is 26.2. The number of anilines is 2. The maximum absolute atomic E-state index is 11.5. The van der Waals surface area contributed by atoms with Crippen LogP contribution in [0.15, 0.2) is 18.2 Å². The van der Waals surface area contributed by atoms with Crippen LogP contribution in [0, 0.1) is 5.92 Å². The van der Waals surface area contributed by atoms with E-state index in [1.54, 1.807) is 12.1 Å². The van der Waals surface area contributed by atoms with Crippen LogP contribution in [-0.2, 0) is 0 Å². The Morgan fingerprint density at radius 2 is 2.10 bits per heavy atom. The van der Waals surface area contributed by atoms with Gasteiger partial charge in [0.2, 0.25) is 0 Å². The molecule has 0 saturated heterocycles. The molecule has 1 saturated carbocycles. The fraction of sp³-hybridized carbons (Fsp3) is 0.562. The largest absolute Gasteiger partial charge is 0.398 e. The van der Waals surface area contributed by atoms with Crippen LogP contribution >= 0.6 is 0 Å². The molecular weight excluding hydrogens is 252 g/mol. The fourth-order valence-corrected chi connectivity index (χ4v) is 2.71. The van der Waals surface area contributed by atoms with E-state index >= 15 is 0 Å². The minimum atomic E-state index is -0.635. The summed E-state index contributed by atoms with van der Waals surface area (Å²) in [4.78, 5) is 11.5. The first-order chi connectivity index (χ1) is 9.39. The van der Waals surface area contributed by atoms with Crippen molar-refractivity contribution in [1.29, 1.82) is 0 Å². The molecule has 0 atom stereocenters. The van der Waals surface area contributed by atoms with Crippen LogP contribution in [0.4, 0.5) is 11.4 Å². The minimum absolute atomic E-state index is 0.0450. The average Bonchev–Trinajstić information content (AvgIpc) is 2.41. The summed E-state index contributed by atoms with van der Waals surface area (Å²) in [6.45, 7) is 4.25. The molecule has 110 valence electrons. The standard InChI is InChI=1S/C16H24N2O2/c1-11-5-7-16(20,8-6-11)10-18-13-3-4-15(17)14(9-13)12(2)19/h3-4,9,11,18,20H,5-8,10,17H2,1-2H3. The van der Waals surface area contributed by atoms with Gasteiger partial charge in [0, 0.05) is 23.5 Å². The van der Waals surface area contributed by atoms with E-state index in [4.69, 9.17) is 5.73 Å². The molecule has 4 heteroatoms. The molecule has 1 aromatic rings. The number of hydrogen-bond donors (Lipinski definition) is 3. The monoisotopic (exact) mass is 276 g/mol. The number of nitrogens with two attached hydrogens (primary N) is 1. The zero-order valence-corrected chi connectivity index (χ0v) is 12.3. The van der Waals surface area contributed by atoms with E-state index in [0.717, 1.165) is 31.4 Å². The number of nitrogen functional groups attached to an aromatic ring is 1. The highest BCUT2D eigenvalue weighted by Gasteiger charge is 2.31. The van der Waals surface area contributed by atoms with E-state index in [1.807, 2.05) is 6.07 Å². The van der Waals surface area contributed by atoms with Crippen molar-refractivity contribution in [3.63, 3.8) is 0 Å². The zero-order chi connectivity index (χ0) is 14.8. The predicted molar refractivity (Wildman–Crippen MR) is 81.9 cm³/mol. The predicted octanol–water partition coefficient (Wildman–Crippen LogP) is 2.82. The Bertz CT molecular complexity index is 491. The van der Waals surface area contributed by atoms with Crippen LogP contribution < -0.4 is 11.1 Å². The first-order valence-corrected chi connectivity index (χ1v) is 7.26. The second-order valence-electron chi connectivity index (χ2n) is 6.12. The van der Waals surface area contributed by atoms with Gasteiger partial charge in [-0.3, -0.25) is 4.79 Å². The lowest BCUT2D eigenvalue weighted by atomic mass is 9.79. The highest BCUT2D eigenvalue weighted by atomic mass is 16.3. The number of ketones is 1. The summed E-state index contributed by atoms with van der Waals surface area (Å²) >= 11 is 0. The van der Waals surface area contributed by atoms with Gasteiger partial charge in [0.25, 0.3) is 0 Å². The quantitative estimate of drug-likeness (QED) is 0.584. The first-order valence-electron chi connectivity index (χ1n) is 7.26. The summed E-state index contributed by atoms with van der Waals surface area (Å²) in [6.07, 6.45) is 3.79. The average molecular weight is 276 g/mol.